The van der Waals surface area contributed by atoms with Crippen LogP contribution >= 0.6 is 0 Å². The molecular formula is C18H25NO. The lowest BCUT2D eigenvalue weighted by molar-refractivity contribution is 0.0836. The molecule has 0 spiro atoms. The van der Waals surface area contributed by atoms with Crippen LogP contribution in [-0.4, -0.2) is 12.3 Å². The van der Waals surface area contributed by atoms with Gasteiger partial charge in [0.1, 0.15) is 0 Å². The van der Waals surface area contributed by atoms with Gasteiger partial charge in [-0.15, -0.1) is 0 Å². The fourth-order valence-electron chi connectivity index (χ4n) is 4.03. The molecule has 2 heteroatoms. The van der Waals surface area contributed by atoms with E-state index < -0.39 is 0 Å². The van der Waals surface area contributed by atoms with Gasteiger partial charge in [0, 0.05) is 18.0 Å². The smallest absolute Gasteiger partial charge is 0.165 e. The summed E-state index contributed by atoms with van der Waals surface area (Å²) in [6.45, 7) is 6.53. The third kappa shape index (κ3) is 2.80. The van der Waals surface area contributed by atoms with Crippen LogP contribution in [0.2, 0.25) is 0 Å². The highest BCUT2D eigenvalue weighted by Crippen LogP contribution is 2.35. The molecule has 2 unspecified atom stereocenters. The van der Waals surface area contributed by atoms with Crippen molar-refractivity contribution < 1.29 is 4.79 Å². The van der Waals surface area contributed by atoms with Crippen molar-refractivity contribution in [3.8, 4) is 0 Å². The Kier molecular flexibility index (Phi) is 3.93. The molecule has 1 aromatic carbocycles. The van der Waals surface area contributed by atoms with Crippen molar-refractivity contribution in [2.75, 3.05) is 6.54 Å². The molecule has 2 aliphatic rings. The Balaban J connectivity index is 1.79. The number of Topliss-reactive ketones (excluding diaryl/α,β-unsaturated/α-hetero) is 1. The molecule has 1 fully saturated rings. The molecule has 1 saturated carbocycles. The van der Waals surface area contributed by atoms with E-state index in [0.717, 1.165) is 37.9 Å². The minimum absolute atomic E-state index is 0.239. The van der Waals surface area contributed by atoms with Crippen LogP contribution < -0.4 is 5.32 Å². The molecule has 3 rings (SSSR count). The second-order valence-corrected chi connectivity index (χ2v) is 6.89. The van der Waals surface area contributed by atoms with Crippen molar-refractivity contribution in [1.82, 2.24) is 5.32 Å². The first-order chi connectivity index (χ1) is 9.63. The van der Waals surface area contributed by atoms with Gasteiger partial charge in [0.2, 0.25) is 0 Å². The first-order valence-electron chi connectivity index (χ1n) is 8.00. The van der Waals surface area contributed by atoms with E-state index >= 15 is 0 Å². The fraction of sp³-hybridized carbons (Fsp3) is 0.611. The molecule has 1 N–H and O–H groups in total. The summed E-state index contributed by atoms with van der Waals surface area (Å²) < 4.78 is 0. The standard InChI is InChI=1S/C18H25NO/c1-12-7-13(2)9-16(8-12)18(20)15-4-3-14-5-6-19-11-17(14)10-15/h3-4,10,12-13,16,19H,5-9,11H2,1-2H3. The number of benzene rings is 1. The van der Waals surface area contributed by atoms with E-state index in [1.807, 2.05) is 0 Å². The molecule has 108 valence electrons. The van der Waals surface area contributed by atoms with E-state index in [1.54, 1.807) is 0 Å². The van der Waals surface area contributed by atoms with Crippen molar-refractivity contribution in [2.45, 2.75) is 46.1 Å². The van der Waals surface area contributed by atoms with Crippen LogP contribution in [0.15, 0.2) is 18.2 Å². The van der Waals surface area contributed by atoms with Crippen LogP contribution in [-0.2, 0) is 13.0 Å². The molecule has 2 atom stereocenters. The molecule has 2 nitrogen and oxygen atoms in total. The first-order valence-corrected chi connectivity index (χ1v) is 8.00. The summed E-state index contributed by atoms with van der Waals surface area (Å²) >= 11 is 0. The number of rotatable bonds is 2. The van der Waals surface area contributed by atoms with Gasteiger partial charge in [0.05, 0.1) is 0 Å². The van der Waals surface area contributed by atoms with E-state index in [4.69, 9.17) is 0 Å². The summed E-state index contributed by atoms with van der Waals surface area (Å²) in [4.78, 5) is 12.8. The quantitative estimate of drug-likeness (QED) is 0.833. The second-order valence-electron chi connectivity index (χ2n) is 6.89. The maximum Gasteiger partial charge on any atom is 0.165 e. The van der Waals surface area contributed by atoms with Gasteiger partial charge in [0.25, 0.3) is 0 Å². The van der Waals surface area contributed by atoms with E-state index in [9.17, 15) is 4.79 Å². The molecule has 1 aromatic rings. The van der Waals surface area contributed by atoms with Crippen molar-refractivity contribution in [2.24, 2.45) is 17.8 Å². The molecule has 20 heavy (non-hydrogen) atoms. The van der Waals surface area contributed by atoms with Crippen molar-refractivity contribution in [1.29, 1.82) is 0 Å². The van der Waals surface area contributed by atoms with Crippen molar-refractivity contribution in [3.05, 3.63) is 34.9 Å². The number of nitrogens with one attached hydrogen (secondary N) is 1. The van der Waals surface area contributed by atoms with Crippen LogP contribution in [0.3, 0.4) is 0 Å². The lowest BCUT2D eigenvalue weighted by Crippen LogP contribution is -2.27. The number of hydrogen-bond acceptors (Lipinski definition) is 2. The summed E-state index contributed by atoms with van der Waals surface area (Å²) in [5, 5.41) is 3.39. The zero-order valence-corrected chi connectivity index (χ0v) is 12.6. The van der Waals surface area contributed by atoms with Gasteiger partial charge in [-0.1, -0.05) is 26.0 Å². The van der Waals surface area contributed by atoms with Gasteiger partial charge in [-0.3, -0.25) is 4.79 Å². The Labute approximate surface area is 122 Å². The van der Waals surface area contributed by atoms with E-state index in [-0.39, 0.29) is 5.92 Å². The van der Waals surface area contributed by atoms with Gasteiger partial charge in [-0.25, -0.2) is 0 Å². The number of fused-ring (bicyclic) bond motifs is 1. The lowest BCUT2D eigenvalue weighted by atomic mass is 9.74. The Morgan fingerprint density at radius 3 is 2.60 bits per heavy atom. The second kappa shape index (κ2) is 5.69. The lowest BCUT2D eigenvalue weighted by Gasteiger charge is -2.30. The first kappa shape index (κ1) is 13.8. The summed E-state index contributed by atoms with van der Waals surface area (Å²) in [5.41, 5.74) is 3.66. The Bertz CT molecular complexity index is 498. The minimum atomic E-state index is 0.239. The summed E-state index contributed by atoms with van der Waals surface area (Å²) in [7, 11) is 0. The molecule has 1 aliphatic heterocycles. The number of carbonyl (C=O) groups excluding carboxylic acids is 1. The van der Waals surface area contributed by atoms with Crippen molar-refractivity contribution >= 4 is 5.78 Å². The van der Waals surface area contributed by atoms with Gasteiger partial charge in [-0.2, -0.15) is 0 Å². The normalized spacial score (nSPS) is 29.8. The van der Waals surface area contributed by atoms with Crippen LogP contribution in [0.4, 0.5) is 0 Å². The Hall–Kier alpha value is -1.15. The molecule has 0 bridgehead atoms. The largest absolute Gasteiger partial charge is 0.312 e. The highest BCUT2D eigenvalue weighted by atomic mass is 16.1. The Morgan fingerprint density at radius 2 is 1.85 bits per heavy atom. The van der Waals surface area contributed by atoms with Crippen molar-refractivity contribution in [3.63, 3.8) is 0 Å². The maximum atomic E-state index is 12.8. The molecule has 0 amide bonds. The highest BCUT2D eigenvalue weighted by Gasteiger charge is 2.29. The number of carbonyl (C=O) groups is 1. The van der Waals surface area contributed by atoms with Crippen LogP contribution in [0.5, 0.6) is 0 Å². The van der Waals surface area contributed by atoms with E-state index in [0.29, 0.717) is 17.6 Å². The highest BCUT2D eigenvalue weighted by molar-refractivity contribution is 5.98. The number of hydrogen-bond donors (Lipinski definition) is 1. The molecular weight excluding hydrogens is 246 g/mol. The van der Waals surface area contributed by atoms with Gasteiger partial charge in [-0.05, 0) is 61.3 Å². The molecule has 1 aliphatic carbocycles. The van der Waals surface area contributed by atoms with Gasteiger partial charge in [0.15, 0.2) is 5.78 Å². The molecule has 0 radical (unpaired) electrons. The average molecular weight is 271 g/mol. The SMILES string of the molecule is CC1CC(C)CC(C(=O)c2ccc3c(c2)CNCC3)C1. The molecule has 0 saturated heterocycles. The Morgan fingerprint density at radius 1 is 1.10 bits per heavy atom. The van der Waals surface area contributed by atoms with E-state index in [2.05, 4.69) is 37.4 Å². The summed E-state index contributed by atoms with van der Waals surface area (Å²) in [5.74, 6) is 1.99. The number of ketones is 1. The predicted octanol–water partition coefficient (Wildman–Crippen LogP) is 3.59. The zero-order chi connectivity index (χ0) is 14.1. The predicted molar refractivity (Wildman–Crippen MR) is 81.9 cm³/mol. The van der Waals surface area contributed by atoms with Crippen LogP contribution in [0, 0.1) is 17.8 Å². The topological polar surface area (TPSA) is 29.1 Å². The average Bonchev–Trinajstić information content (AvgIpc) is 2.45. The third-order valence-corrected chi connectivity index (χ3v) is 4.93. The van der Waals surface area contributed by atoms with E-state index in [1.165, 1.54) is 17.5 Å². The van der Waals surface area contributed by atoms with Crippen LogP contribution in [0.25, 0.3) is 0 Å². The van der Waals surface area contributed by atoms with Gasteiger partial charge < -0.3 is 5.32 Å². The third-order valence-electron chi connectivity index (χ3n) is 4.93. The summed E-state index contributed by atoms with van der Waals surface area (Å²) in [6, 6.07) is 6.35. The monoisotopic (exact) mass is 271 g/mol. The minimum Gasteiger partial charge on any atom is -0.312 e. The van der Waals surface area contributed by atoms with Crippen LogP contribution in [0.1, 0.15) is 54.6 Å². The maximum absolute atomic E-state index is 12.8. The molecule has 0 aromatic heterocycles. The summed E-state index contributed by atoms with van der Waals surface area (Å²) in [6.07, 6.45) is 4.50. The fourth-order valence-corrected chi connectivity index (χ4v) is 4.03. The zero-order valence-electron chi connectivity index (χ0n) is 12.6. The van der Waals surface area contributed by atoms with Gasteiger partial charge >= 0.3 is 0 Å². The molecule has 1 heterocycles.